The molecule has 0 bridgehead atoms. The molecule has 3 N–H and O–H groups in total. The molecule has 1 saturated carbocycles. The second kappa shape index (κ2) is 6.41. The SMILES string of the molecule is CC1(C)Cc2cc(C(=O)O)ccc2NC1c1cccc(NC(=O)C2CC2)c1. The molecular formula is C22H24N2O3. The second-order valence-electron chi connectivity index (χ2n) is 8.31. The summed E-state index contributed by atoms with van der Waals surface area (Å²) in [5, 5.41) is 15.8. The van der Waals surface area contributed by atoms with Gasteiger partial charge in [-0.3, -0.25) is 4.79 Å². The molecule has 1 amide bonds. The Balaban J connectivity index is 1.61. The van der Waals surface area contributed by atoms with Gasteiger partial charge in [0, 0.05) is 17.3 Å². The van der Waals surface area contributed by atoms with Gasteiger partial charge < -0.3 is 15.7 Å². The predicted octanol–water partition coefficient (Wildman–Crippen LogP) is 4.47. The summed E-state index contributed by atoms with van der Waals surface area (Å²) in [6, 6.07) is 13.3. The van der Waals surface area contributed by atoms with Crippen molar-refractivity contribution in [3.05, 3.63) is 59.2 Å². The van der Waals surface area contributed by atoms with E-state index in [1.165, 1.54) is 0 Å². The van der Waals surface area contributed by atoms with Crippen molar-refractivity contribution in [2.75, 3.05) is 10.6 Å². The van der Waals surface area contributed by atoms with Gasteiger partial charge in [-0.05, 0) is 66.1 Å². The number of benzene rings is 2. The van der Waals surface area contributed by atoms with Gasteiger partial charge in [-0.2, -0.15) is 0 Å². The molecule has 5 nitrogen and oxygen atoms in total. The molecule has 1 unspecified atom stereocenters. The summed E-state index contributed by atoms with van der Waals surface area (Å²) >= 11 is 0. The van der Waals surface area contributed by atoms with Crippen molar-refractivity contribution in [2.24, 2.45) is 11.3 Å². The van der Waals surface area contributed by atoms with Gasteiger partial charge in [-0.25, -0.2) is 4.79 Å². The van der Waals surface area contributed by atoms with Gasteiger partial charge in [0.05, 0.1) is 11.6 Å². The van der Waals surface area contributed by atoms with Gasteiger partial charge in [0.25, 0.3) is 0 Å². The molecular weight excluding hydrogens is 340 g/mol. The molecule has 2 aromatic carbocycles. The van der Waals surface area contributed by atoms with Crippen LogP contribution < -0.4 is 10.6 Å². The van der Waals surface area contributed by atoms with E-state index in [2.05, 4.69) is 30.5 Å². The maximum Gasteiger partial charge on any atom is 0.335 e. The molecule has 0 saturated heterocycles. The number of carboxylic acids is 1. The Morgan fingerprint density at radius 2 is 1.93 bits per heavy atom. The molecule has 1 atom stereocenters. The monoisotopic (exact) mass is 364 g/mol. The maximum absolute atomic E-state index is 12.1. The number of fused-ring (bicyclic) bond motifs is 1. The van der Waals surface area contributed by atoms with Crippen molar-refractivity contribution >= 4 is 23.3 Å². The maximum atomic E-state index is 12.1. The number of hydrogen-bond donors (Lipinski definition) is 3. The number of carbonyl (C=O) groups is 2. The van der Waals surface area contributed by atoms with Crippen molar-refractivity contribution < 1.29 is 14.7 Å². The number of aromatic carboxylic acids is 1. The van der Waals surface area contributed by atoms with E-state index < -0.39 is 5.97 Å². The standard InChI is InChI=1S/C22H24N2O3/c1-22(2)12-16-10-15(21(26)27)8-9-18(16)24-19(22)14-4-3-5-17(11-14)23-20(25)13-6-7-13/h3-5,8-11,13,19,24H,6-7,12H2,1-2H3,(H,23,25)(H,26,27). The topological polar surface area (TPSA) is 78.4 Å². The van der Waals surface area contributed by atoms with Crippen molar-refractivity contribution in [1.82, 2.24) is 0 Å². The molecule has 1 fully saturated rings. The van der Waals surface area contributed by atoms with E-state index in [1.54, 1.807) is 12.1 Å². The van der Waals surface area contributed by atoms with E-state index in [0.717, 1.165) is 41.8 Å². The van der Waals surface area contributed by atoms with Crippen molar-refractivity contribution in [3.63, 3.8) is 0 Å². The van der Waals surface area contributed by atoms with Crippen LogP contribution in [0.1, 0.15) is 54.2 Å². The highest BCUT2D eigenvalue weighted by Crippen LogP contribution is 2.45. The third kappa shape index (κ3) is 3.54. The van der Waals surface area contributed by atoms with Crippen LogP contribution in [0.15, 0.2) is 42.5 Å². The third-order valence-corrected chi connectivity index (χ3v) is 5.52. The van der Waals surface area contributed by atoms with Gasteiger partial charge in [0.15, 0.2) is 0 Å². The van der Waals surface area contributed by atoms with Crippen LogP contribution in [0.25, 0.3) is 0 Å². The fourth-order valence-corrected chi connectivity index (χ4v) is 3.88. The van der Waals surface area contributed by atoms with E-state index in [0.29, 0.717) is 5.56 Å². The molecule has 5 heteroatoms. The molecule has 0 radical (unpaired) electrons. The predicted molar refractivity (Wildman–Crippen MR) is 105 cm³/mol. The molecule has 1 aliphatic heterocycles. The fraction of sp³-hybridized carbons (Fsp3) is 0.364. The highest BCUT2D eigenvalue weighted by atomic mass is 16.4. The lowest BCUT2D eigenvalue weighted by molar-refractivity contribution is -0.117. The van der Waals surface area contributed by atoms with Crippen molar-refractivity contribution in [2.45, 2.75) is 39.2 Å². The van der Waals surface area contributed by atoms with E-state index >= 15 is 0 Å². The number of rotatable bonds is 4. The van der Waals surface area contributed by atoms with Crippen LogP contribution in [0.2, 0.25) is 0 Å². The summed E-state index contributed by atoms with van der Waals surface area (Å²) < 4.78 is 0. The summed E-state index contributed by atoms with van der Waals surface area (Å²) in [5.41, 5.74) is 4.14. The van der Waals surface area contributed by atoms with Gasteiger partial charge in [0.2, 0.25) is 5.91 Å². The quantitative estimate of drug-likeness (QED) is 0.748. The highest BCUT2D eigenvalue weighted by molar-refractivity contribution is 5.94. The zero-order valence-corrected chi connectivity index (χ0v) is 15.6. The number of amides is 1. The Morgan fingerprint density at radius 1 is 1.15 bits per heavy atom. The van der Waals surface area contributed by atoms with Gasteiger partial charge in [-0.15, -0.1) is 0 Å². The van der Waals surface area contributed by atoms with Crippen LogP contribution in [0.3, 0.4) is 0 Å². The first kappa shape index (κ1) is 17.6. The summed E-state index contributed by atoms with van der Waals surface area (Å²) in [7, 11) is 0. The first-order chi connectivity index (χ1) is 12.8. The molecule has 1 heterocycles. The van der Waals surface area contributed by atoms with E-state index in [-0.39, 0.29) is 23.3 Å². The van der Waals surface area contributed by atoms with Crippen LogP contribution in [0.5, 0.6) is 0 Å². The Morgan fingerprint density at radius 3 is 2.63 bits per heavy atom. The average molecular weight is 364 g/mol. The van der Waals surface area contributed by atoms with E-state index in [4.69, 9.17) is 0 Å². The molecule has 4 rings (SSSR count). The molecule has 27 heavy (non-hydrogen) atoms. The Kier molecular flexibility index (Phi) is 4.17. The third-order valence-electron chi connectivity index (χ3n) is 5.52. The number of hydrogen-bond acceptors (Lipinski definition) is 3. The van der Waals surface area contributed by atoms with Gasteiger partial charge in [-0.1, -0.05) is 26.0 Å². The molecule has 140 valence electrons. The molecule has 0 aromatic heterocycles. The Bertz CT molecular complexity index is 916. The van der Waals surface area contributed by atoms with Gasteiger partial charge in [0.1, 0.15) is 0 Å². The summed E-state index contributed by atoms with van der Waals surface area (Å²) in [6.07, 6.45) is 2.75. The van der Waals surface area contributed by atoms with Crippen LogP contribution in [-0.4, -0.2) is 17.0 Å². The summed E-state index contributed by atoms with van der Waals surface area (Å²) in [5.74, 6) is -0.625. The Labute approximate surface area is 158 Å². The zero-order valence-electron chi connectivity index (χ0n) is 15.6. The largest absolute Gasteiger partial charge is 0.478 e. The first-order valence-corrected chi connectivity index (χ1v) is 9.37. The average Bonchev–Trinajstić information content (AvgIpc) is 3.45. The number of anilines is 2. The van der Waals surface area contributed by atoms with Crippen molar-refractivity contribution in [3.8, 4) is 0 Å². The normalized spacial score (nSPS) is 20.3. The zero-order chi connectivity index (χ0) is 19.2. The van der Waals surface area contributed by atoms with Crippen LogP contribution >= 0.6 is 0 Å². The van der Waals surface area contributed by atoms with Gasteiger partial charge >= 0.3 is 5.97 Å². The minimum Gasteiger partial charge on any atom is -0.478 e. The molecule has 2 aromatic rings. The number of nitrogens with one attached hydrogen (secondary N) is 2. The lowest BCUT2D eigenvalue weighted by Gasteiger charge is -2.41. The minimum absolute atomic E-state index is 0.0680. The fourth-order valence-electron chi connectivity index (χ4n) is 3.88. The van der Waals surface area contributed by atoms with Crippen LogP contribution in [0.4, 0.5) is 11.4 Å². The molecule has 0 spiro atoms. The molecule has 1 aliphatic carbocycles. The lowest BCUT2D eigenvalue weighted by Crippen LogP contribution is -2.35. The molecule has 2 aliphatic rings. The number of carboxylic acid groups (broad SMARTS) is 1. The summed E-state index contributed by atoms with van der Waals surface area (Å²) in [4.78, 5) is 23.3. The van der Waals surface area contributed by atoms with E-state index in [1.807, 2.05) is 24.3 Å². The minimum atomic E-state index is -0.906. The smallest absolute Gasteiger partial charge is 0.335 e. The van der Waals surface area contributed by atoms with Crippen LogP contribution in [-0.2, 0) is 11.2 Å². The first-order valence-electron chi connectivity index (χ1n) is 9.37. The Hall–Kier alpha value is -2.82. The van der Waals surface area contributed by atoms with Crippen molar-refractivity contribution in [1.29, 1.82) is 0 Å². The highest BCUT2D eigenvalue weighted by Gasteiger charge is 2.36. The lowest BCUT2D eigenvalue weighted by atomic mass is 9.72. The summed E-state index contributed by atoms with van der Waals surface area (Å²) in [6.45, 7) is 4.35. The van der Waals surface area contributed by atoms with E-state index in [9.17, 15) is 14.7 Å². The van der Waals surface area contributed by atoms with Crippen LogP contribution in [0, 0.1) is 11.3 Å². The number of carbonyl (C=O) groups excluding carboxylic acids is 1. The second-order valence-corrected chi connectivity index (χ2v) is 8.31.